The second-order valence-electron chi connectivity index (χ2n) is 6.65. The lowest BCUT2D eigenvalue weighted by Gasteiger charge is -2.25. The zero-order valence-corrected chi connectivity index (χ0v) is 14.4. The summed E-state index contributed by atoms with van der Waals surface area (Å²) in [6.07, 6.45) is 1.86. The van der Waals surface area contributed by atoms with E-state index in [0.29, 0.717) is 11.6 Å². The lowest BCUT2D eigenvalue weighted by atomic mass is 9.92. The number of halogens is 1. The molecule has 8 nitrogen and oxygen atoms in total. The average molecular weight is 371 g/mol. The van der Waals surface area contributed by atoms with Crippen LogP contribution in [0.5, 0.6) is 0 Å². The molecular weight excluding hydrogens is 353 g/mol. The molecule has 0 aliphatic carbocycles. The lowest BCUT2D eigenvalue weighted by molar-refractivity contribution is -0.123. The summed E-state index contributed by atoms with van der Waals surface area (Å²) in [5.74, 6) is -1.77. The fourth-order valence-corrected chi connectivity index (χ4v) is 3.42. The van der Waals surface area contributed by atoms with E-state index in [1.165, 1.54) is 24.3 Å². The van der Waals surface area contributed by atoms with E-state index in [2.05, 4.69) is 20.6 Å². The summed E-state index contributed by atoms with van der Waals surface area (Å²) >= 11 is 0. The smallest absolute Gasteiger partial charge is 0.258 e. The van der Waals surface area contributed by atoms with Crippen molar-refractivity contribution >= 4 is 29.3 Å². The van der Waals surface area contributed by atoms with Crippen LogP contribution in [0.1, 0.15) is 30.7 Å². The zero-order chi connectivity index (χ0) is 19.0. The molecule has 4 rings (SSSR count). The first-order valence-electron chi connectivity index (χ1n) is 8.77. The van der Waals surface area contributed by atoms with E-state index in [0.717, 1.165) is 25.9 Å². The van der Waals surface area contributed by atoms with Crippen LogP contribution in [0.3, 0.4) is 0 Å². The first-order chi connectivity index (χ1) is 13.0. The van der Waals surface area contributed by atoms with Crippen LogP contribution in [-0.2, 0) is 9.59 Å². The number of rotatable bonds is 3. The van der Waals surface area contributed by atoms with Crippen LogP contribution in [0.25, 0.3) is 0 Å². The Morgan fingerprint density at radius 3 is 2.59 bits per heavy atom. The van der Waals surface area contributed by atoms with Crippen LogP contribution in [0.2, 0.25) is 0 Å². The Bertz CT molecular complexity index is 950. The summed E-state index contributed by atoms with van der Waals surface area (Å²) in [5.41, 5.74) is 0.0744. The minimum absolute atomic E-state index is 0.121. The molecule has 2 aliphatic rings. The third-order valence-corrected chi connectivity index (χ3v) is 4.77. The monoisotopic (exact) mass is 371 g/mol. The van der Waals surface area contributed by atoms with Crippen molar-refractivity contribution in [3.05, 3.63) is 46.0 Å². The van der Waals surface area contributed by atoms with Gasteiger partial charge in [0.15, 0.2) is 0 Å². The van der Waals surface area contributed by atoms with Gasteiger partial charge in [0, 0.05) is 25.2 Å². The Labute approximate surface area is 153 Å². The molecule has 0 spiro atoms. The Balaban J connectivity index is 1.65. The number of hydrogen-bond donors (Lipinski definition) is 3. The lowest BCUT2D eigenvalue weighted by Crippen LogP contribution is -2.37. The van der Waals surface area contributed by atoms with Crippen LogP contribution in [0.15, 0.2) is 29.1 Å². The number of carbonyl (C=O) groups is 2. The molecule has 1 aromatic carbocycles. The molecule has 2 aliphatic heterocycles. The number of nitrogens with one attached hydrogen (secondary N) is 3. The molecular formula is C18H18FN5O3. The van der Waals surface area contributed by atoms with Gasteiger partial charge in [0.1, 0.15) is 11.6 Å². The van der Waals surface area contributed by atoms with E-state index in [1.54, 1.807) is 0 Å². The summed E-state index contributed by atoms with van der Waals surface area (Å²) in [6, 6.07) is 5.26. The second-order valence-corrected chi connectivity index (χ2v) is 6.65. The van der Waals surface area contributed by atoms with Gasteiger partial charge in [-0.05, 0) is 37.1 Å². The van der Waals surface area contributed by atoms with Crippen molar-refractivity contribution in [1.29, 1.82) is 0 Å². The van der Waals surface area contributed by atoms with Crippen LogP contribution in [0, 0.1) is 5.82 Å². The molecule has 0 radical (unpaired) electrons. The van der Waals surface area contributed by atoms with Crippen molar-refractivity contribution in [3.63, 3.8) is 0 Å². The maximum atomic E-state index is 13.0. The highest BCUT2D eigenvalue weighted by atomic mass is 19.1. The molecule has 2 amide bonds. The Morgan fingerprint density at radius 2 is 1.89 bits per heavy atom. The van der Waals surface area contributed by atoms with Crippen LogP contribution < -0.4 is 21.1 Å². The molecule has 0 saturated carbocycles. The van der Waals surface area contributed by atoms with Gasteiger partial charge >= 0.3 is 0 Å². The van der Waals surface area contributed by atoms with E-state index in [-0.39, 0.29) is 23.7 Å². The molecule has 27 heavy (non-hydrogen) atoms. The van der Waals surface area contributed by atoms with Gasteiger partial charge < -0.3 is 15.5 Å². The van der Waals surface area contributed by atoms with Gasteiger partial charge in [-0.3, -0.25) is 19.4 Å². The summed E-state index contributed by atoms with van der Waals surface area (Å²) in [4.78, 5) is 46.4. The maximum Gasteiger partial charge on any atom is 0.258 e. The largest absolute Gasteiger partial charge is 0.342 e. The van der Waals surface area contributed by atoms with Crippen molar-refractivity contribution in [2.75, 3.05) is 28.6 Å². The van der Waals surface area contributed by atoms with E-state index in [9.17, 15) is 18.8 Å². The molecule has 9 heteroatoms. The van der Waals surface area contributed by atoms with Gasteiger partial charge in [0.05, 0.1) is 11.5 Å². The number of carbonyl (C=O) groups excluding carboxylic acids is 2. The molecule has 1 aromatic heterocycles. The maximum absolute atomic E-state index is 13.0. The van der Waals surface area contributed by atoms with E-state index >= 15 is 0 Å². The summed E-state index contributed by atoms with van der Waals surface area (Å²) in [6.45, 7) is 1.56. The van der Waals surface area contributed by atoms with Crippen molar-refractivity contribution in [2.45, 2.75) is 25.2 Å². The Hall–Kier alpha value is -3.23. The number of amides is 2. The minimum atomic E-state index is -0.970. The van der Waals surface area contributed by atoms with Crippen molar-refractivity contribution in [2.24, 2.45) is 0 Å². The topological polar surface area (TPSA) is 107 Å². The molecule has 1 fully saturated rings. The van der Waals surface area contributed by atoms with Gasteiger partial charge in [0.25, 0.3) is 5.56 Å². The van der Waals surface area contributed by atoms with E-state index < -0.39 is 23.2 Å². The van der Waals surface area contributed by atoms with Gasteiger partial charge in [-0.25, -0.2) is 4.39 Å². The molecule has 1 saturated heterocycles. The standard InChI is InChI=1S/C18H18FN5O3/c19-10-3-5-11(6-4-10)20-16(26)12-9-13(25)21-15-14(12)17(27)23-18(22-15)24-7-1-2-8-24/h3-6,12H,1-2,7-9H2,(H,20,26)(H2,21,22,23,25,27). The molecule has 1 unspecified atom stereocenters. The Kier molecular flexibility index (Phi) is 4.35. The number of benzene rings is 1. The number of anilines is 3. The van der Waals surface area contributed by atoms with Gasteiger partial charge in [-0.2, -0.15) is 4.98 Å². The van der Waals surface area contributed by atoms with Crippen molar-refractivity contribution in [1.82, 2.24) is 9.97 Å². The fraction of sp³-hybridized carbons (Fsp3) is 0.333. The third kappa shape index (κ3) is 3.40. The quantitative estimate of drug-likeness (QED) is 0.759. The number of aromatic nitrogens is 2. The van der Waals surface area contributed by atoms with Gasteiger partial charge in [-0.15, -0.1) is 0 Å². The molecule has 140 valence electrons. The summed E-state index contributed by atoms with van der Waals surface area (Å²) in [7, 11) is 0. The van der Waals surface area contributed by atoms with Crippen molar-refractivity contribution in [3.8, 4) is 0 Å². The van der Waals surface area contributed by atoms with E-state index in [1.807, 2.05) is 4.90 Å². The third-order valence-electron chi connectivity index (χ3n) is 4.77. The second kappa shape index (κ2) is 6.82. The van der Waals surface area contributed by atoms with Crippen LogP contribution in [-0.4, -0.2) is 34.9 Å². The first kappa shape index (κ1) is 17.2. The normalized spacial score (nSPS) is 18.8. The molecule has 2 aromatic rings. The molecule has 3 N–H and O–H groups in total. The number of aromatic amines is 1. The van der Waals surface area contributed by atoms with Gasteiger partial charge in [0.2, 0.25) is 17.8 Å². The highest BCUT2D eigenvalue weighted by Crippen LogP contribution is 2.30. The van der Waals surface area contributed by atoms with Crippen LogP contribution >= 0.6 is 0 Å². The van der Waals surface area contributed by atoms with Crippen LogP contribution in [0.4, 0.5) is 21.8 Å². The van der Waals surface area contributed by atoms with Gasteiger partial charge in [-0.1, -0.05) is 0 Å². The highest BCUT2D eigenvalue weighted by molar-refractivity contribution is 6.04. The molecule has 1 atom stereocenters. The number of hydrogen-bond acceptors (Lipinski definition) is 5. The highest BCUT2D eigenvalue weighted by Gasteiger charge is 2.35. The summed E-state index contributed by atoms with van der Waals surface area (Å²) < 4.78 is 13.0. The zero-order valence-electron chi connectivity index (χ0n) is 14.4. The first-order valence-corrected chi connectivity index (χ1v) is 8.77. The predicted molar refractivity (Wildman–Crippen MR) is 97.3 cm³/mol. The number of fused-ring (bicyclic) bond motifs is 1. The number of H-pyrrole nitrogens is 1. The average Bonchev–Trinajstić information content (AvgIpc) is 3.17. The molecule has 3 heterocycles. The fourth-order valence-electron chi connectivity index (χ4n) is 3.42. The minimum Gasteiger partial charge on any atom is -0.342 e. The van der Waals surface area contributed by atoms with Crippen molar-refractivity contribution < 1.29 is 14.0 Å². The number of nitrogens with zero attached hydrogens (tertiary/aromatic N) is 2. The predicted octanol–water partition coefficient (Wildman–Crippen LogP) is 1.57. The van der Waals surface area contributed by atoms with E-state index in [4.69, 9.17) is 0 Å². The SMILES string of the molecule is O=C1CC(C(=O)Nc2ccc(F)cc2)c2c(nc(N3CCCC3)[nH]c2=O)N1. The molecule has 0 bridgehead atoms. The Morgan fingerprint density at radius 1 is 1.19 bits per heavy atom. The summed E-state index contributed by atoms with van der Waals surface area (Å²) in [5, 5.41) is 5.22.